The second-order valence-electron chi connectivity index (χ2n) is 5.81. The highest BCUT2D eigenvalue weighted by atomic mass is 79.9. The molecule has 1 aliphatic heterocycles. The van der Waals surface area contributed by atoms with Crippen LogP contribution in [0.4, 0.5) is 5.69 Å². The number of hydrogen-bond acceptors (Lipinski definition) is 3. The van der Waals surface area contributed by atoms with Crippen LogP contribution in [0.5, 0.6) is 0 Å². The average molecular weight is 336 g/mol. The number of nitriles is 1. The van der Waals surface area contributed by atoms with Crippen LogP contribution in [0.2, 0.25) is 0 Å². The molecule has 1 amide bonds. The molecule has 1 saturated heterocycles. The Hall–Kier alpha value is -1.54. The van der Waals surface area contributed by atoms with E-state index in [0.717, 1.165) is 15.7 Å². The summed E-state index contributed by atoms with van der Waals surface area (Å²) in [6.07, 6.45) is 0.192. The molecule has 1 N–H and O–H groups in total. The molecule has 1 fully saturated rings. The van der Waals surface area contributed by atoms with Crippen molar-refractivity contribution in [3.8, 4) is 6.07 Å². The number of aryl methyl sites for hydroxylation is 1. The minimum atomic E-state index is -0.423. The van der Waals surface area contributed by atoms with Gasteiger partial charge in [-0.2, -0.15) is 5.26 Å². The lowest BCUT2D eigenvalue weighted by atomic mass is 9.95. The monoisotopic (exact) mass is 335 g/mol. The van der Waals surface area contributed by atoms with Crippen LogP contribution in [0.3, 0.4) is 0 Å². The Morgan fingerprint density at radius 2 is 2.25 bits per heavy atom. The third kappa shape index (κ3) is 2.96. The lowest BCUT2D eigenvalue weighted by Gasteiger charge is -2.44. The smallest absolute Gasteiger partial charge is 0.244 e. The largest absolute Gasteiger partial charge is 0.356 e. The first-order chi connectivity index (χ1) is 9.34. The van der Waals surface area contributed by atoms with Gasteiger partial charge in [-0.25, -0.2) is 0 Å². The number of carbonyl (C=O) groups is 1. The van der Waals surface area contributed by atoms with Gasteiger partial charge in [0.1, 0.15) is 6.04 Å². The van der Waals surface area contributed by atoms with Crippen molar-refractivity contribution >= 4 is 27.5 Å². The Labute approximate surface area is 127 Å². The molecule has 0 radical (unpaired) electrons. The zero-order valence-corrected chi connectivity index (χ0v) is 13.5. The summed E-state index contributed by atoms with van der Waals surface area (Å²) in [7, 11) is 0. The molecule has 0 spiro atoms. The number of anilines is 1. The van der Waals surface area contributed by atoms with Gasteiger partial charge in [-0.15, -0.1) is 0 Å². The topological polar surface area (TPSA) is 56.1 Å². The predicted molar refractivity (Wildman–Crippen MR) is 82.5 cm³/mol. The molecule has 1 aromatic rings. The fourth-order valence-electron chi connectivity index (χ4n) is 2.62. The molecule has 0 aliphatic carbocycles. The predicted octanol–water partition coefficient (Wildman–Crippen LogP) is 2.75. The quantitative estimate of drug-likeness (QED) is 0.904. The van der Waals surface area contributed by atoms with Crippen LogP contribution < -0.4 is 10.2 Å². The van der Waals surface area contributed by atoms with E-state index in [1.165, 1.54) is 0 Å². The fraction of sp³-hybridized carbons (Fsp3) is 0.467. The van der Waals surface area contributed by atoms with Crippen molar-refractivity contribution < 1.29 is 4.79 Å². The summed E-state index contributed by atoms with van der Waals surface area (Å²) in [6, 6.07) is 7.68. The van der Waals surface area contributed by atoms with E-state index in [0.29, 0.717) is 6.54 Å². The molecular formula is C15H18BrN3O. The van der Waals surface area contributed by atoms with Crippen molar-refractivity contribution in [2.45, 2.75) is 38.8 Å². The lowest BCUT2D eigenvalue weighted by molar-refractivity contribution is -0.125. The number of rotatable bonds is 2. The number of carbonyl (C=O) groups excluding carboxylic acids is 1. The van der Waals surface area contributed by atoms with Gasteiger partial charge in [0.05, 0.1) is 18.0 Å². The van der Waals surface area contributed by atoms with Crippen LogP contribution in [-0.2, 0) is 4.79 Å². The van der Waals surface area contributed by atoms with Crippen LogP contribution in [0.25, 0.3) is 0 Å². The van der Waals surface area contributed by atoms with Crippen molar-refractivity contribution in [2.75, 3.05) is 11.4 Å². The second kappa shape index (κ2) is 5.45. The van der Waals surface area contributed by atoms with E-state index in [2.05, 4.69) is 27.3 Å². The van der Waals surface area contributed by atoms with Gasteiger partial charge in [0.2, 0.25) is 5.91 Å². The van der Waals surface area contributed by atoms with Crippen molar-refractivity contribution in [2.24, 2.45) is 0 Å². The summed E-state index contributed by atoms with van der Waals surface area (Å²) >= 11 is 3.45. The van der Waals surface area contributed by atoms with Gasteiger partial charge in [-0.1, -0.05) is 15.9 Å². The van der Waals surface area contributed by atoms with Crippen LogP contribution in [0, 0.1) is 18.3 Å². The summed E-state index contributed by atoms with van der Waals surface area (Å²) in [6.45, 7) is 6.69. The number of benzene rings is 1. The van der Waals surface area contributed by atoms with Crippen LogP contribution in [0.1, 0.15) is 25.8 Å². The summed E-state index contributed by atoms with van der Waals surface area (Å²) in [4.78, 5) is 14.3. The maximum Gasteiger partial charge on any atom is 0.244 e. The molecule has 0 aromatic heterocycles. The molecule has 1 aromatic carbocycles. The van der Waals surface area contributed by atoms with Gasteiger partial charge in [-0.3, -0.25) is 4.79 Å². The first-order valence-electron chi connectivity index (χ1n) is 6.56. The highest BCUT2D eigenvalue weighted by Gasteiger charge is 2.38. The highest BCUT2D eigenvalue weighted by Crippen LogP contribution is 2.30. The zero-order chi connectivity index (χ0) is 14.9. The molecule has 1 heterocycles. The van der Waals surface area contributed by atoms with E-state index >= 15 is 0 Å². The molecule has 2 rings (SSSR count). The Bertz CT molecular complexity index is 577. The number of nitrogens with zero attached hydrogens (tertiary/aromatic N) is 2. The summed E-state index contributed by atoms with van der Waals surface area (Å²) in [5, 5.41) is 12.0. The number of amides is 1. The minimum Gasteiger partial charge on any atom is -0.356 e. The summed E-state index contributed by atoms with van der Waals surface area (Å²) in [5.74, 6) is -0.0786. The maximum absolute atomic E-state index is 12.2. The molecular weight excluding hydrogens is 318 g/mol. The van der Waals surface area contributed by atoms with Crippen molar-refractivity contribution in [1.29, 1.82) is 5.26 Å². The molecule has 1 atom stereocenters. The van der Waals surface area contributed by atoms with Gasteiger partial charge in [0.25, 0.3) is 0 Å². The average Bonchev–Trinajstić information content (AvgIpc) is 2.32. The van der Waals surface area contributed by atoms with Crippen LogP contribution in [0.15, 0.2) is 22.7 Å². The number of halogens is 1. The SMILES string of the molecule is Cc1cc(Br)ccc1N1CC(C)(C)NC(=O)C1CC#N. The number of piperazine rings is 1. The zero-order valence-electron chi connectivity index (χ0n) is 11.9. The molecule has 0 bridgehead atoms. The number of nitrogens with one attached hydrogen (secondary N) is 1. The Kier molecular flexibility index (Phi) is 4.05. The highest BCUT2D eigenvalue weighted by molar-refractivity contribution is 9.10. The molecule has 20 heavy (non-hydrogen) atoms. The van der Waals surface area contributed by atoms with Gasteiger partial charge in [-0.05, 0) is 44.5 Å². The molecule has 0 saturated carbocycles. The van der Waals surface area contributed by atoms with E-state index < -0.39 is 6.04 Å². The normalized spacial score (nSPS) is 21.2. The lowest BCUT2D eigenvalue weighted by Crippen LogP contribution is -2.65. The van der Waals surface area contributed by atoms with E-state index in [1.807, 2.05) is 43.9 Å². The van der Waals surface area contributed by atoms with Crippen molar-refractivity contribution in [3.05, 3.63) is 28.2 Å². The van der Waals surface area contributed by atoms with E-state index in [4.69, 9.17) is 5.26 Å². The molecule has 4 nitrogen and oxygen atoms in total. The van der Waals surface area contributed by atoms with E-state index in [-0.39, 0.29) is 17.9 Å². The second-order valence-corrected chi connectivity index (χ2v) is 6.73. The molecule has 1 aliphatic rings. The van der Waals surface area contributed by atoms with Gasteiger partial charge in [0, 0.05) is 16.7 Å². The molecule has 5 heteroatoms. The number of hydrogen-bond donors (Lipinski definition) is 1. The van der Waals surface area contributed by atoms with Crippen LogP contribution >= 0.6 is 15.9 Å². The molecule has 1 unspecified atom stereocenters. The Morgan fingerprint density at radius 3 is 2.85 bits per heavy atom. The van der Waals surface area contributed by atoms with Crippen molar-refractivity contribution in [3.63, 3.8) is 0 Å². The van der Waals surface area contributed by atoms with E-state index in [9.17, 15) is 4.79 Å². The van der Waals surface area contributed by atoms with Gasteiger partial charge >= 0.3 is 0 Å². The van der Waals surface area contributed by atoms with Crippen LogP contribution in [-0.4, -0.2) is 24.0 Å². The summed E-state index contributed by atoms with van der Waals surface area (Å²) < 4.78 is 1.01. The standard InChI is InChI=1S/C15H18BrN3O/c1-10-8-11(16)4-5-12(10)19-9-15(2,3)18-14(20)13(19)6-7-17/h4-5,8,13H,6,9H2,1-3H3,(H,18,20). The maximum atomic E-state index is 12.2. The fourth-order valence-corrected chi connectivity index (χ4v) is 3.09. The first kappa shape index (κ1) is 14.9. The third-order valence-corrected chi connectivity index (χ3v) is 3.95. The van der Waals surface area contributed by atoms with Gasteiger partial charge in [0.15, 0.2) is 0 Å². The van der Waals surface area contributed by atoms with E-state index in [1.54, 1.807) is 0 Å². The minimum absolute atomic E-state index is 0.0786. The first-order valence-corrected chi connectivity index (χ1v) is 7.35. The Balaban J connectivity index is 2.43. The summed E-state index contributed by atoms with van der Waals surface area (Å²) in [5.41, 5.74) is 1.80. The van der Waals surface area contributed by atoms with Crippen molar-refractivity contribution in [1.82, 2.24) is 5.32 Å². The third-order valence-electron chi connectivity index (χ3n) is 3.46. The van der Waals surface area contributed by atoms with Gasteiger partial charge < -0.3 is 10.2 Å². The Morgan fingerprint density at radius 1 is 1.55 bits per heavy atom. The molecule has 106 valence electrons.